The lowest BCUT2D eigenvalue weighted by molar-refractivity contribution is -0.192. The molecule has 2 aromatic rings. The predicted octanol–water partition coefficient (Wildman–Crippen LogP) is 5.59. The molecule has 0 atom stereocenters. The molecule has 11 heteroatoms. The third-order valence-electron chi connectivity index (χ3n) is 3.98. The number of benzene rings is 2. The number of hydrogen-bond donors (Lipinski definition) is 0. The smallest absolute Gasteiger partial charge is 0.423 e. The SMILES string of the molecule is CC(C)=C=CN1C(=O)C(F)(F)Oc2cc(F)c(-c3c(F)c(F)c(F)c(F)c3F)cc21. The van der Waals surface area contributed by atoms with E-state index >= 15 is 0 Å². The predicted molar refractivity (Wildman–Crippen MR) is 87.6 cm³/mol. The van der Waals surface area contributed by atoms with E-state index in [2.05, 4.69) is 10.5 Å². The summed E-state index contributed by atoms with van der Waals surface area (Å²) in [6.07, 6.45) is -3.67. The number of fused-ring (bicyclic) bond motifs is 1. The van der Waals surface area contributed by atoms with E-state index in [9.17, 15) is 39.9 Å². The molecule has 0 unspecified atom stereocenters. The molecule has 0 aromatic heterocycles. The highest BCUT2D eigenvalue weighted by Gasteiger charge is 2.50. The van der Waals surface area contributed by atoms with Crippen LogP contribution in [0, 0.1) is 34.9 Å². The van der Waals surface area contributed by atoms with Crippen LogP contribution in [-0.2, 0) is 4.79 Å². The Morgan fingerprint density at radius 3 is 2.03 bits per heavy atom. The molecule has 2 aromatic carbocycles. The van der Waals surface area contributed by atoms with Crippen LogP contribution in [0.2, 0.25) is 0 Å². The van der Waals surface area contributed by atoms with Crippen molar-refractivity contribution in [3.63, 3.8) is 0 Å². The van der Waals surface area contributed by atoms with Gasteiger partial charge in [-0.1, -0.05) is 0 Å². The van der Waals surface area contributed by atoms with E-state index in [-0.39, 0.29) is 11.0 Å². The summed E-state index contributed by atoms with van der Waals surface area (Å²) in [7, 11) is 0. The van der Waals surface area contributed by atoms with Gasteiger partial charge in [0.05, 0.1) is 17.5 Å². The number of carbonyl (C=O) groups is 1. The first-order valence-corrected chi connectivity index (χ1v) is 8.02. The Morgan fingerprint density at radius 2 is 1.50 bits per heavy atom. The Kier molecular flexibility index (Phi) is 5.11. The van der Waals surface area contributed by atoms with Gasteiger partial charge < -0.3 is 4.74 Å². The lowest BCUT2D eigenvalue weighted by Gasteiger charge is -2.31. The number of nitrogens with zero attached hydrogens (tertiary/aromatic N) is 1. The summed E-state index contributed by atoms with van der Waals surface area (Å²) in [6, 6.07) is 0.700. The zero-order valence-corrected chi connectivity index (χ0v) is 15.0. The minimum Gasteiger partial charge on any atom is -0.423 e. The van der Waals surface area contributed by atoms with E-state index < -0.39 is 69.5 Å². The number of carbonyl (C=O) groups excluding carboxylic acids is 1. The van der Waals surface area contributed by atoms with Crippen LogP contribution in [0.25, 0.3) is 11.1 Å². The monoisotopic (exact) mass is 435 g/mol. The van der Waals surface area contributed by atoms with Crippen LogP contribution < -0.4 is 9.64 Å². The Bertz CT molecular complexity index is 1120. The molecule has 30 heavy (non-hydrogen) atoms. The van der Waals surface area contributed by atoms with Crippen molar-refractivity contribution in [3.8, 4) is 16.9 Å². The van der Waals surface area contributed by atoms with E-state index in [1.807, 2.05) is 0 Å². The molecular formula is C19H9F8NO2. The molecular weight excluding hydrogens is 426 g/mol. The van der Waals surface area contributed by atoms with Crippen molar-refractivity contribution in [2.45, 2.75) is 20.0 Å². The zero-order valence-electron chi connectivity index (χ0n) is 15.0. The average molecular weight is 435 g/mol. The third-order valence-corrected chi connectivity index (χ3v) is 3.98. The van der Waals surface area contributed by atoms with E-state index in [1.54, 1.807) is 0 Å². The topological polar surface area (TPSA) is 29.5 Å². The van der Waals surface area contributed by atoms with Crippen molar-refractivity contribution >= 4 is 11.6 Å². The second-order valence-corrected chi connectivity index (χ2v) is 6.31. The lowest BCUT2D eigenvalue weighted by Crippen LogP contribution is -2.48. The second kappa shape index (κ2) is 7.17. The van der Waals surface area contributed by atoms with Gasteiger partial charge in [0.25, 0.3) is 0 Å². The Morgan fingerprint density at radius 1 is 0.967 bits per heavy atom. The number of allylic oxidation sites excluding steroid dienone is 1. The van der Waals surface area contributed by atoms with Crippen molar-refractivity contribution in [2.24, 2.45) is 0 Å². The van der Waals surface area contributed by atoms with E-state index in [1.165, 1.54) is 13.8 Å². The summed E-state index contributed by atoms with van der Waals surface area (Å²) in [6.45, 7) is 3.01. The number of anilines is 1. The molecule has 0 spiro atoms. The first-order valence-electron chi connectivity index (χ1n) is 8.02. The minimum atomic E-state index is -4.41. The standard InChI is InChI=1S/C19H9F8NO2/c1-7(2)3-4-28-10-5-8(9(20)6-11(10)30-19(26,27)18(28)29)12-13(21)15(23)17(25)16(24)14(12)22/h4-6H,1-2H3. The van der Waals surface area contributed by atoms with Gasteiger partial charge in [0.1, 0.15) is 5.82 Å². The summed E-state index contributed by atoms with van der Waals surface area (Å²) >= 11 is 0. The molecule has 3 nitrogen and oxygen atoms in total. The normalized spacial score (nSPS) is 14.7. The highest BCUT2D eigenvalue weighted by Crippen LogP contribution is 2.44. The van der Waals surface area contributed by atoms with Crippen molar-refractivity contribution in [3.05, 3.63) is 64.5 Å². The van der Waals surface area contributed by atoms with Gasteiger partial charge in [-0.2, -0.15) is 8.78 Å². The van der Waals surface area contributed by atoms with Gasteiger partial charge in [-0.3, -0.25) is 9.69 Å². The van der Waals surface area contributed by atoms with Crippen LogP contribution >= 0.6 is 0 Å². The number of alkyl halides is 2. The summed E-state index contributed by atoms with van der Waals surface area (Å²) in [5.41, 5.74) is -0.555. The molecule has 158 valence electrons. The van der Waals surface area contributed by atoms with E-state index in [0.717, 1.165) is 6.20 Å². The van der Waals surface area contributed by atoms with Gasteiger partial charge >= 0.3 is 12.0 Å². The van der Waals surface area contributed by atoms with Crippen LogP contribution in [0.1, 0.15) is 13.8 Å². The molecule has 0 saturated heterocycles. The number of rotatable bonds is 2. The molecule has 1 aliphatic heterocycles. The number of amides is 1. The van der Waals surface area contributed by atoms with Crippen molar-refractivity contribution in [1.82, 2.24) is 0 Å². The molecule has 3 rings (SSSR count). The fourth-order valence-corrected chi connectivity index (χ4v) is 2.60. The molecule has 0 N–H and O–H groups in total. The summed E-state index contributed by atoms with van der Waals surface area (Å²) in [5.74, 6) is -16.3. The molecule has 0 fully saturated rings. The molecule has 1 amide bonds. The van der Waals surface area contributed by atoms with Crippen LogP contribution in [0.5, 0.6) is 5.75 Å². The van der Waals surface area contributed by atoms with Gasteiger partial charge in [0.15, 0.2) is 29.0 Å². The fraction of sp³-hybridized carbons (Fsp3) is 0.158. The van der Waals surface area contributed by atoms with Crippen LogP contribution in [0.4, 0.5) is 40.8 Å². The Hall–Kier alpha value is -3.33. The van der Waals surface area contributed by atoms with Gasteiger partial charge in [0.2, 0.25) is 5.82 Å². The van der Waals surface area contributed by atoms with Crippen molar-refractivity contribution in [1.29, 1.82) is 0 Å². The fourth-order valence-electron chi connectivity index (χ4n) is 2.60. The Labute approximate surface area is 163 Å². The minimum absolute atomic E-state index is 0.242. The van der Waals surface area contributed by atoms with Crippen molar-refractivity contribution < 1.29 is 44.7 Å². The number of halogens is 8. The molecule has 0 aliphatic carbocycles. The maximum absolute atomic E-state index is 14.4. The van der Waals surface area contributed by atoms with E-state index in [0.29, 0.717) is 11.6 Å². The molecule has 0 saturated carbocycles. The number of ether oxygens (including phenoxy) is 1. The average Bonchev–Trinajstić information content (AvgIpc) is 2.66. The second-order valence-electron chi connectivity index (χ2n) is 6.31. The first kappa shape index (κ1) is 21.4. The van der Waals surface area contributed by atoms with Crippen molar-refractivity contribution in [2.75, 3.05) is 4.90 Å². The highest BCUT2D eigenvalue weighted by molar-refractivity contribution is 6.03. The van der Waals surface area contributed by atoms with Crippen LogP contribution in [0.15, 0.2) is 29.6 Å². The third kappa shape index (κ3) is 3.30. The van der Waals surface area contributed by atoms with Gasteiger partial charge in [-0.15, -0.1) is 5.73 Å². The molecule has 1 aliphatic rings. The van der Waals surface area contributed by atoms with Crippen LogP contribution in [-0.4, -0.2) is 12.0 Å². The summed E-state index contributed by atoms with van der Waals surface area (Å²) in [5, 5.41) is 0. The zero-order chi connectivity index (χ0) is 22.5. The van der Waals surface area contributed by atoms with Gasteiger partial charge in [-0.25, -0.2) is 26.3 Å². The van der Waals surface area contributed by atoms with Gasteiger partial charge in [-0.05, 0) is 25.5 Å². The quantitative estimate of drug-likeness (QED) is 0.267. The maximum Gasteiger partial charge on any atom is 0.483 e. The van der Waals surface area contributed by atoms with Crippen LogP contribution in [0.3, 0.4) is 0 Å². The molecule has 0 radical (unpaired) electrons. The summed E-state index contributed by atoms with van der Waals surface area (Å²) in [4.78, 5) is 12.3. The number of hydrogen-bond acceptors (Lipinski definition) is 2. The van der Waals surface area contributed by atoms with Gasteiger partial charge in [0, 0.05) is 11.6 Å². The highest BCUT2D eigenvalue weighted by atomic mass is 19.3. The molecule has 0 bridgehead atoms. The Balaban J connectivity index is 2.34. The molecule has 1 heterocycles. The lowest BCUT2D eigenvalue weighted by atomic mass is 10.0. The van der Waals surface area contributed by atoms with E-state index in [4.69, 9.17) is 0 Å². The maximum atomic E-state index is 14.4. The summed E-state index contributed by atoms with van der Waals surface area (Å²) < 4.78 is 115. The first-order chi connectivity index (χ1) is 13.9. The largest absolute Gasteiger partial charge is 0.483 e.